The Kier molecular flexibility index (Phi) is 5.06. The summed E-state index contributed by atoms with van der Waals surface area (Å²) < 4.78 is 5.46. The third kappa shape index (κ3) is 3.93. The molecule has 0 spiro atoms. The molecule has 0 atom stereocenters. The lowest BCUT2D eigenvalue weighted by molar-refractivity contribution is -0.132. The molecule has 1 aliphatic rings. The maximum absolute atomic E-state index is 12.6. The largest absolute Gasteiger partial charge is 0.464 e. The Labute approximate surface area is 151 Å². The van der Waals surface area contributed by atoms with Gasteiger partial charge in [-0.2, -0.15) is 0 Å². The summed E-state index contributed by atoms with van der Waals surface area (Å²) in [6.07, 6.45) is 0.122. The predicted octanol–water partition coefficient (Wildman–Crippen LogP) is 2.31. The summed E-state index contributed by atoms with van der Waals surface area (Å²) >= 11 is 0. The van der Waals surface area contributed by atoms with Gasteiger partial charge in [0.25, 0.3) is 0 Å². The molecule has 2 aromatic rings. The van der Waals surface area contributed by atoms with Crippen LogP contribution in [0.4, 0.5) is 11.4 Å². The fraction of sp³-hybridized carbons (Fsp3) is 0.316. The van der Waals surface area contributed by atoms with Crippen molar-refractivity contribution in [3.05, 3.63) is 47.9 Å². The summed E-state index contributed by atoms with van der Waals surface area (Å²) in [5, 5.41) is 2.74. The first-order valence-electron chi connectivity index (χ1n) is 8.42. The smallest absolute Gasteiger partial charge is 0.244 e. The van der Waals surface area contributed by atoms with Crippen LogP contribution < -0.4 is 10.2 Å². The Bertz CT molecular complexity index is 843. The molecule has 0 saturated heterocycles. The molecule has 1 aromatic heterocycles. The van der Waals surface area contributed by atoms with Crippen molar-refractivity contribution in [2.75, 3.05) is 23.8 Å². The van der Waals surface area contributed by atoms with Gasteiger partial charge in [-0.25, -0.2) is 0 Å². The van der Waals surface area contributed by atoms with Crippen LogP contribution in [0.2, 0.25) is 0 Å². The quantitative estimate of drug-likeness (QED) is 0.892. The Balaban J connectivity index is 1.58. The molecule has 1 aliphatic heterocycles. The molecule has 2 heterocycles. The number of para-hydroxylation sites is 2. The monoisotopic (exact) mass is 355 g/mol. The number of benzene rings is 1. The van der Waals surface area contributed by atoms with Gasteiger partial charge in [0.1, 0.15) is 18.1 Å². The van der Waals surface area contributed by atoms with E-state index in [1.165, 1.54) is 9.80 Å². The van der Waals surface area contributed by atoms with E-state index in [1.54, 1.807) is 31.3 Å². The lowest BCUT2D eigenvalue weighted by Crippen LogP contribution is -2.42. The highest BCUT2D eigenvalue weighted by atomic mass is 16.3. The van der Waals surface area contributed by atoms with Crippen molar-refractivity contribution in [3.8, 4) is 0 Å². The predicted molar refractivity (Wildman–Crippen MR) is 96.6 cm³/mol. The number of anilines is 2. The Morgan fingerprint density at radius 1 is 1.19 bits per heavy atom. The summed E-state index contributed by atoms with van der Waals surface area (Å²) in [4.78, 5) is 39.6. The van der Waals surface area contributed by atoms with E-state index in [4.69, 9.17) is 4.42 Å². The van der Waals surface area contributed by atoms with Crippen LogP contribution in [0.15, 0.2) is 40.8 Å². The second kappa shape index (κ2) is 7.43. The minimum atomic E-state index is -0.247. The number of hydrogen-bond acceptors (Lipinski definition) is 4. The Morgan fingerprint density at radius 3 is 2.69 bits per heavy atom. The van der Waals surface area contributed by atoms with Gasteiger partial charge in [0.2, 0.25) is 17.7 Å². The Hall–Kier alpha value is -3.09. The number of nitrogens with zero attached hydrogens (tertiary/aromatic N) is 2. The van der Waals surface area contributed by atoms with Crippen molar-refractivity contribution >= 4 is 29.1 Å². The first kappa shape index (κ1) is 17.7. The van der Waals surface area contributed by atoms with Crippen LogP contribution in [0, 0.1) is 6.92 Å². The highest BCUT2D eigenvalue weighted by Crippen LogP contribution is 2.29. The number of carbonyl (C=O) groups excluding carboxylic acids is 3. The van der Waals surface area contributed by atoms with E-state index >= 15 is 0 Å². The number of carbonyl (C=O) groups is 3. The number of hydrogen-bond donors (Lipinski definition) is 1. The SMILES string of the molecule is Cc1ccc(CN(C)C(=O)CCC(=O)N2CC(=O)Nc3ccccc32)o1. The molecule has 0 saturated carbocycles. The molecule has 26 heavy (non-hydrogen) atoms. The van der Waals surface area contributed by atoms with Crippen LogP contribution in [0.25, 0.3) is 0 Å². The van der Waals surface area contributed by atoms with Crippen molar-refractivity contribution in [1.82, 2.24) is 4.90 Å². The van der Waals surface area contributed by atoms with E-state index < -0.39 is 0 Å². The number of furan rings is 1. The fourth-order valence-electron chi connectivity index (χ4n) is 2.89. The van der Waals surface area contributed by atoms with E-state index in [0.29, 0.717) is 23.7 Å². The topological polar surface area (TPSA) is 82.9 Å². The third-order valence-electron chi connectivity index (χ3n) is 4.24. The van der Waals surface area contributed by atoms with Crippen molar-refractivity contribution in [2.45, 2.75) is 26.3 Å². The maximum Gasteiger partial charge on any atom is 0.244 e. The van der Waals surface area contributed by atoms with Gasteiger partial charge in [0.05, 0.1) is 17.9 Å². The van der Waals surface area contributed by atoms with Crippen LogP contribution in [0.5, 0.6) is 0 Å². The highest BCUT2D eigenvalue weighted by Gasteiger charge is 2.27. The summed E-state index contributed by atoms with van der Waals surface area (Å²) in [7, 11) is 1.67. The number of amides is 3. The van der Waals surface area contributed by atoms with Gasteiger partial charge >= 0.3 is 0 Å². The number of aryl methyl sites for hydroxylation is 1. The van der Waals surface area contributed by atoms with Gasteiger partial charge in [0.15, 0.2) is 0 Å². The number of nitrogens with one attached hydrogen (secondary N) is 1. The van der Waals surface area contributed by atoms with Gasteiger partial charge in [0, 0.05) is 19.9 Å². The normalized spacial score (nSPS) is 13.2. The molecular formula is C19H21N3O4. The van der Waals surface area contributed by atoms with Crippen molar-refractivity contribution in [2.24, 2.45) is 0 Å². The molecule has 136 valence electrons. The van der Waals surface area contributed by atoms with Crippen molar-refractivity contribution in [3.63, 3.8) is 0 Å². The van der Waals surface area contributed by atoms with Gasteiger partial charge in [-0.15, -0.1) is 0 Å². The van der Waals surface area contributed by atoms with Crippen LogP contribution in [0.1, 0.15) is 24.4 Å². The van der Waals surface area contributed by atoms with Crippen LogP contribution >= 0.6 is 0 Å². The molecule has 0 unspecified atom stereocenters. The molecule has 0 aliphatic carbocycles. The van der Waals surface area contributed by atoms with Crippen molar-refractivity contribution in [1.29, 1.82) is 0 Å². The van der Waals surface area contributed by atoms with Gasteiger partial charge < -0.3 is 19.5 Å². The first-order chi connectivity index (χ1) is 12.4. The molecule has 1 N–H and O–H groups in total. The minimum absolute atomic E-state index is 0.0362. The maximum atomic E-state index is 12.6. The fourth-order valence-corrected chi connectivity index (χ4v) is 2.89. The van der Waals surface area contributed by atoms with Crippen LogP contribution in [-0.4, -0.2) is 36.2 Å². The van der Waals surface area contributed by atoms with E-state index in [2.05, 4.69) is 5.32 Å². The standard InChI is InChI=1S/C19H21N3O4/c1-13-7-8-14(26-13)11-21(2)18(24)9-10-19(25)22-12-17(23)20-15-5-3-4-6-16(15)22/h3-8H,9-12H2,1-2H3,(H,20,23). The Morgan fingerprint density at radius 2 is 1.96 bits per heavy atom. The van der Waals surface area contributed by atoms with Crippen LogP contribution in [0.3, 0.4) is 0 Å². The van der Waals surface area contributed by atoms with Gasteiger partial charge in [-0.3, -0.25) is 14.4 Å². The highest BCUT2D eigenvalue weighted by molar-refractivity contribution is 6.10. The van der Waals surface area contributed by atoms with E-state index in [9.17, 15) is 14.4 Å². The second-order valence-corrected chi connectivity index (χ2v) is 6.31. The third-order valence-corrected chi connectivity index (χ3v) is 4.24. The molecule has 1 aromatic carbocycles. The molecule has 3 amide bonds. The van der Waals surface area contributed by atoms with E-state index in [1.807, 2.05) is 19.1 Å². The lowest BCUT2D eigenvalue weighted by atomic mass is 10.1. The summed E-state index contributed by atoms with van der Waals surface area (Å²) in [6.45, 7) is 2.16. The zero-order valence-corrected chi connectivity index (χ0v) is 14.8. The lowest BCUT2D eigenvalue weighted by Gasteiger charge is -2.29. The molecule has 7 nitrogen and oxygen atoms in total. The molecule has 0 fully saturated rings. The summed E-state index contributed by atoms with van der Waals surface area (Å²) in [6, 6.07) is 10.8. The summed E-state index contributed by atoms with van der Waals surface area (Å²) in [5.74, 6) is 0.850. The number of rotatable bonds is 5. The molecule has 0 bridgehead atoms. The molecular weight excluding hydrogens is 334 g/mol. The zero-order valence-electron chi connectivity index (χ0n) is 14.8. The number of fused-ring (bicyclic) bond motifs is 1. The molecule has 7 heteroatoms. The average Bonchev–Trinajstić information content (AvgIpc) is 3.03. The molecule has 3 rings (SSSR count). The van der Waals surface area contributed by atoms with E-state index in [-0.39, 0.29) is 37.1 Å². The zero-order chi connectivity index (χ0) is 18.7. The minimum Gasteiger partial charge on any atom is -0.464 e. The van der Waals surface area contributed by atoms with E-state index in [0.717, 1.165) is 5.76 Å². The van der Waals surface area contributed by atoms with Crippen LogP contribution in [-0.2, 0) is 20.9 Å². The van der Waals surface area contributed by atoms with Gasteiger partial charge in [-0.1, -0.05) is 12.1 Å². The van der Waals surface area contributed by atoms with Crippen molar-refractivity contribution < 1.29 is 18.8 Å². The average molecular weight is 355 g/mol. The van der Waals surface area contributed by atoms with Gasteiger partial charge in [-0.05, 0) is 31.2 Å². The first-order valence-corrected chi connectivity index (χ1v) is 8.42. The summed E-state index contributed by atoms with van der Waals surface area (Å²) in [5.41, 5.74) is 1.26. The second-order valence-electron chi connectivity index (χ2n) is 6.31. The molecule has 0 radical (unpaired) electrons.